The van der Waals surface area contributed by atoms with Gasteiger partial charge < -0.3 is 25.2 Å². The van der Waals surface area contributed by atoms with E-state index in [4.69, 9.17) is 4.74 Å². The molecule has 2 N–H and O–H groups in total. The van der Waals surface area contributed by atoms with Gasteiger partial charge >= 0.3 is 6.03 Å². The number of carbonyl (C=O) groups is 1. The standard InChI is InChI=1S/C21H28N4O2/c1-4-24-10-12-25(13-11-24)18-8-9-20(16(2)14-18)23-21(26)22-17-6-5-7-19(15-17)27-3/h5-9,14-15H,4,10-13H2,1-3H3,(H2,22,23,26). The second-order valence-corrected chi connectivity index (χ2v) is 6.73. The monoisotopic (exact) mass is 368 g/mol. The van der Waals surface area contributed by atoms with E-state index in [9.17, 15) is 4.79 Å². The summed E-state index contributed by atoms with van der Waals surface area (Å²) in [6, 6.07) is 13.2. The van der Waals surface area contributed by atoms with Gasteiger partial charge in [0.2, 0.25) is 0 Å². The van der Waals surface area contributed by atoms with Gasteiger partial charge in [-0.2, -0.15) is 0 Å². The van der Waals surface area contributed by atoms with Crippen LogP contribution in [0.2, 0.25) is 0 Å². The lowest BCUT2D eigenvalue weighted by molar-refractivity contribution is 0.262. The van der Waals surface area contributed by atoms with Gasteiger partial charge in [-0.05, 0) is 49.4 Å². The summed E-state index contributed by atoms with van der Waals surface area (Å²) in [5, 5.41) is 5.76. The molecular formula is C21H28N4O2. The summed E-state index contributed by atoms with van der Waals surface area (Å²) >= 11 is 0. The third-order valence-electron chi connectivity index (χ3n) is 4.97. The summed E-state index contributed by atoms with van der Waals surface area (Å²) in [5.74, 6) is 0.705. The van der Waals surface area contributed by atoms with E-state index in [1.54, 1.807) is 13.2 Å². The molecule has 2 aromatic carbocycles. The molecule has 0 unspecified atom stereocenters. The zero-order valence-electron chi connectivity index (χ0n) is 16.3. The third kappa shape index (κ3) is 4.92. The Labute approximate surface area is 161 Å². The zero-order chi connectivity index (χ0) is 19.2. The Kier molecular flexibility index (Phi) is 6.19. The maximum absolute atomic E-state index is 12.3. The summed E-state index contributed by atoms with van der Waals surface area (Å²) in [6.07, 6.45) is 0. The molecule has 0 aliphatic carbocycles. The molecule has 1 aliphatic heterocycles. The lowest BCUT2D eigenvalue weighted by Crippen LogP contribution is -2.46. The van der Waals surface area contributed by atoms with Gasteiger partial charge in [-0.15, -0.1) is 0 Å². The minimum absolute atomic E-state index is 0.268. The Balaban J connectivity index is 1.61. The predicted molar refractivity (Wildman–Crippen MR) is 111 cm³/mol. The first-order chi connectivity index (χ1) is 13.1. The van der Waals surface area contributed by atoms with Crippen molar-refractivity contribution in [2.24, 2.45) is 0 Å². The number of urea groups is 1. The highest BCUT2D eigenvalue weighted by atomic mass is 16.5. The van der Waals surface area contributed by atoms with Crippen LogP contribution in [0.1, 0.15) is 12.5 Å². The first-order valence-corrected chi connectivity index (χ1v) is 9.39. The molecule has 6 heteroatoms. The molecule has 0 radical (unpaired) electrons. The lowest BCUT2D eigenvalue weighted by atomic mass is 10.1. The predicted octanol–water partition coefficient (Wildman–Crippen LogP) is 3.79. The molecule has 3 rings (SSSR count). The van der Waals surface area contributed by atoms with Gasteiger partial charge in [-0.1, -0.05) is 13.0 Å². The molecule has 0 bridgehead atoms. The second kappa shape index (κ2) is 8.77. The fourth-order valence-electron chi connectivity index (χ4n) is 3.29. The van der Waals surface area contributed by atoms with Gasteiger partial charge in [0.15, 0.2) is 0 Å². The molecule has 0 aromatic heterocycles. The van der Waals surface area contributed by atoms with Crippen molar-refractivity contribution in [2.75, 3.05) is 55.4 Å². The number of ether oxygens (including phenoxy) is 1. The summed E-state index contributed by atoms with van der Waals surface area (Å²) in [5.41, 5.74) is 3.76. The average Bonchev–Trinajstić information content (AvgIpc) is 2.69. The van der Waals surface area contributed by atoms with Crippen LogP contribution < -0.4 is 20.3 Å². The average molecular weight is 368 g/mol. The van der Waals surface area contributed by atoms with Crippen LogP contribution in [0.4, 0.5) is 21.9 Å². The van der Waals surface area contributed by atoms with Gasteiger partial charge in [0.25, 0.3) is 0 Å². The Bertz CT molecular complexity index is 786. The van der Waals surface area contributed by atoms with Crippen LogP contribution in [0.3, 0.4) is 0 Å². The Morgan fingerprint density at radius 1 is 1.07 bits per heavy atom. The lowest BCUT2D eigenvalue weighted by Gasteiger charge is -2.35. The molecule has 2 amide bonds. The maximum atomic E-state index is 12.3. The molecule has 1 saturated heterocycles. The van der Waals surface area contributed by atoms with Gasteiger partial charge in [0.1, 0.15) is 5.75 Å². The molecule has 1 aliphatic rings. The highest BCUT2D eigenvalue weighted by Gasteiger charge is 2.16. The Morgan fingerprint density at radius 2 is 1.85 bits per heavy atom. The number of nitrogens with zero attached hydrogens (tertiary/aromatic N) is 2. The number of benzene rings is 2. The number of likely N-dealkylation sites (N-methyl/N-ethyl adjacent to an activating group) is 1. The van der Waals surface area contributed by atoms with E-state index in [-0.39, 0.29) is 6.03 Å². The van der Waals surface area contributed by atoms with Crippen LogP contribution in [0.15, 0.2) is 42.5 Å². The molecule has 1 heterocycles. The van der Waals surface area contributed by atoms with Gasteiger partial charge in [-0.3, -0.25) is 0 Å². The summed E-state index contributed by atoms with van der Waals surface area (Å²) < 4.78 is 5.18. The fourth-order valence-corrected chi connectivity index (χ4v) is 3.29. The summed E-state index contributed by atoms with van der Waals surface area (Å²) in [6.45, 7) is 9.60. The number of carbonyl (C=O) groups excluding carboxylic acids is 1. The first-order valence-electron chi connectivity index (χ1n) is 9.39. The van der Waals surface area contributed by atoms with Gasteiger partial charge in [-0.25, -0.2) is 4.79 Å². The number of hydrogen-bond acceptors (Lipinski definition) is 4. The molecule has 27 heavy (non-hydrogen) atoms. The van der Waals surface area contributed by atoms with E-state index < -0.39 is 0 Å². The number of rotatable bonds is 5. The van der Waals surface area contributed by atoms with Crippen LogP contribution in [0, 0.1) is 6.92 Å². The van der Waals surface area contributed by atoms with E-state index >= 15 is 0 Å². The number of amides is 2. The number of anilines is 3. The van der Waals surface area contributed by atoms with Crippen molar-refractivity contribution < 1.29 is 9.53 Å². The SMILES string of the molecule is CCN1CCN(c2ccc(NC(=O)Nc3cccc(OC)c3)c(C)c2)CC1. The van der Waals surface area contributed by atoms with E-state index in [1.165, 1.54) is 5.69 Å². The number of piperazine rings is 1. The second-order valence-electron chi connectivity index (χ2n) is 6.73. The molecule has 0 atom stereocenters. The summed E-state index contributed by atoms with van der Waals surface area (Å²) in [4.78, 5) is 17.2. The molecule has 0 saturated carbocycles. The topological polar surface area (TPSA) is 56.8 Å². The van der Waals surface area contributed by atoms with E-state index in [0.717, 1.165) is 44.0 Å². The number of nitrogens with one attached hydrogen (secondary N) is 2. The quantitative estimate of drug-likeness (QED) is 0.843. The number of methoxy groups -OCH3 is 1. The first kappa shape index (κ1) is 19.0. The van der Waals surface area contributed by atoms with Gasteiger partial charge in [0.05, 0.1) is 7.11 Å². The largest absolute Gasteiger partial charge is 0.497 e. The minimum atomic E-state index is -0.268. The molecular weight excluding hydrogens is 340 g/mol. The molecule has 1 fully saturated rings. The molecule has 6 nitrogen and oxygen atoms in total. The molecule has 144 valence electrons. The van der Waals surface area contributed by atoms with Crippen LogP contribution in [-0.4, -0.2) is 50.8 Å². The fraction of sp³-hybridized carbons (Fsp3) is 0.381. The van der Waals surface area contributed by atoms with Crippen LogP contribution >= 0.6 is 0 Å². The van der Waals surface area contributed by atoms with Gasteiger partial charge in [0, 0.05) is 49.3 Å². The third-order valence-corrected chi connectivity index (χ3v) is 4.97. The minimum Gasteiger partial charge on any atom is -0.497 e. The molecule has 0 spiro atoms. The normalized spacial score (nSPS) is 14.7. The van der Waals surface area contributed by atoms with Crippen LogP contribution in [0.25, 0.3) is 0 Å². The van der Waals surface area contributed by atoms with Crippen molar-refractivity contribution in [3.05, 3.63) is 48.0 Å². The van der Waals surface area contributed by atoms with Crippen LogP contribution in [0.5, 0.6) is 5.75 Å². The Morgan fingerprint density at radius 3 is 2.52 bits per heavy atom. The van der Waals surface area contributed by atoms with Crippen LogP contribution in [-0.2, 0) is 0 Å². The van der Waals surface area contributed by atoms with E-state index in [2.05, 4.69) is 39.5 Å². The zero-order valence-corrected chi connectivity index (χ0v) is 16.3. The Hall–Kier alpha value is -2.73. The number of hydrogen-bond donors (Lipinski definition) is 2. The maximum Gasteiger partial charge on any atom is 0.323 e. The van der Waals surface area contributed by atoms with Crippen molar-refractivity contribution in [3.63, 3.8) is 0 Å². The van der Waals surface area contributed by atoms with E-state index in [0.29, 0.717) is 11.4 Å². The highest BCUT2D eigenvalue weighted by molar-refractivity contribution is 6.00. The van der Waals surface area contributed by atoms with Crippen molar-refractivity contribution in [3.8, 4) is 5.75 Å². The van der Waals surface area contributed by atoms with E-state index in [1.807, 2.05) is 31.2 Å². The highest BCUT2D eigenvalue weighted by Crippen LogP contribution is 2.24. The summed E-state index contributed by atoms with van der Waals surface area (Å²) in [7, 11) is 1.60. The van der Waals surface area contributed by atoms with Crippen molar-refractivity contribution >= 4 is 23.1 Å². The smallest absolute Gasteiger partial charge is 0.323 e. The van der Waals surface area contributed by atoms with Crippen molar-refractivity contribution in [2.45, 2.75) is 13.8 Å². The number of aryl methyl sites for hydroxylation is 1. The van der Waals surface area contributed by atoms with Crippen molar-refractivity contribution in [1.82, 2.24) is 4.90 Å². The molecule has 2 aromatic rings. The van der Waals surface area contributed by atoms with Crippen molar-refractivity contribution in [1.29, 1.82) is 0 Å².